The van der Waals surface area contributed by atoms with Crippen molar-refractivity contribution in [2.24, 2.45) is 0 Å². The average molecular weight is 237 g/mol. The summed E-state index contributed by atoms with van der Waals surface area (Å²) in [5, 5.41) is 9.72. The van der Waals surface area contributed by atoms with Crippen molar-refractivity contribution < 1.29 is 9.50 Å². The minimum Gasteiger partial charge on any atom is -0.396 e. The molecule has 0 spiro atoms. The van der Waals surface area contributed by atoms with Gasteiger partial charge in [0.2, 0.25) is 0 Å². The van der Waals surface area contributed by atoms with Crippen molar-refractivity contribution in [3.8, 4) is 10.4 Å². The van der Waals surface area contributed by atoms with E-state index < -0.39 is 0 Å². The highest BCUT2D eigenvalue weighted by molar-refractivity contribution is 7.15. The predicted octanol–water partition coefficient (Wildman–Crippen LogP) is 2.87. The summed E-state index contributed by atoms with van der Waals surface area (Å²) < 4.78 is 12.7. The molecule has 0 saturated carbocycles. The number of aryl methyl sites for hydroxylation is 1. The van der Waals surface area contributed by atoms with Crippen LogP contribution in [0.25, 0.3) is 10.4 Å². The Morgan fingerprint density at radius 1 is 1.25 bits per heavy atom. The van der Waals surface area contributed by atoms with Crippen LogP contribution in [0.1, 0.15) is 11.4 Å². The van der Waals surface area contributed by atoms with E-state index in [2.05, 4.69) is 4.98 Å². The van der Waals surface area contributed by atoms with Crippen molar-refractivity contribution in [2.75, 3.05) is 6.61 Å². The van der Waals surface area contributed by atoms with Gasteiger partial charge in [-0.1, -0.05) is 12.1 Å². The van der Waals surface area contributed by atoms with Gasteiger partial charge in [0, 0.05) is 19.2 Å². The fourth-order valence-corrected chi connectivity index (χ4v) is 2.37. The summed E-state index contributed by atoms with van der Waals surface area (Å²) in [6.07, 6.45) is 3.32. The topological polar surface area (TPSA) is 33.1 Å². The van der Waals surface area contributed by atoms with E-state index in [1.165, 1.54) is 12.1 Å². The van der Waals surface area contributed by atoms with Crippen LogP contribution in [0.15, 0.2) is 30.5 Å². The Hall–Kier alpha value is -1.26. The lowest BCUT2D eigenvalue weighted by Crippen LogP contribution is -1.86. The monoisotopic (exact) mass is 237 g/mol. The van der Waals surface area contributed by atoms with E-state index in [0.717, 1.165) is 28.3 Å². The molecule has 2 aromatic rings. The van der Waals surface area contributed by atoms with E-state index >= 15 is 0 Å². The number of aliphatic hydroxyl groups is 1. The molecule has 1 heterocycles. The number of rotatable bonds is 4. The molecule has 4 heteroatoms. The van der Waals surface area contributed by atoms with Crippen LogP contribution in [-0.2, 0) is 6.42 Å². The first-order valence-corrected chi connectivity index (χ1v) is 5.93. The van der Waals surface area contributed by atoms with Crippen LogP contribution in [0.5, 0.6) is 0 Å². The van der Waals surface area contributed by atoms with Crippen molar-refractivity contribution in [3.05, 3.63) is 41.3 Å². The van der Waals surface area contributed by atoms with E-state index in [4.69, 9.17) is 5.11 Å². The van der Waals surface area contributed by atoms with E-state index in [-0.39, 0.29) is 12.4 Å². The maximum absolute atomic E-state index is 12.7. The third kappa shape index (κ3) is 2.65. The molecule has 0 radical (unpaired) electrons. The minimum atomic E-state index is -0.228. The van der Waals surface area contributed by atoms with Crippen LogP contribution in [-0.4, -0.2) is 16.7 Å². The maximum atomic E-state index is 12.7. The van der Waals surface area contributed by atoms with Gasteiger partial charge in [-0.3, -0.25) is 0 Å². The molecule has 1 aromatic heterocycles. The highest BCUT2D eigenvalue weighted by atomic mass is 32.1. The van der Waals surface area contributed by atoms with Gasteiger partial charge in [0.15, 0.2) is 0 Å². The molecule has 0 fully saturated rings. The molecule has 0 atom stereocenters. The van der Waals surface area contributed by atoms with Crippen molar-refractivity contribution in [1.82, 2.24) is 4.98 Å². The molecular formula is C12H12FNOS. The van der Waals surface area contributed by atoms with Crippen LogP contribution in [0.2, 0.25) is 0 Å². The number of nitrogens with zero attached hydrogens (tertiary/aromatic N) is 1. The zero-order valence-electron chi connectivity index (χ0n) is 8.69. The molecule has 1 aromatic carbocycles. The molecule has 0 bridgehead atoms. The fraction of sp³-hybridized carbons (Fsp3) is 0.250. The van der Waals surface area contributed by atoms with Gasteiger partial charge in [0.25, 0.3) is 0 Å². The van der Waals surface area contributed by atoms with Crippen molar-refractivity contribution >= 4 is 11.3 Å². The average Bonchev–Trinajstić information content (AvgIpc) is 2.76. The first-order valence-electron chi connectivity index (χ1n) is 5.11. The van der Waals surface area contributed by atoms with Crippen LogP contribution in [0, 0.1) is 5.82 Å². The largest absolute Gasteiger partial charge is 0.396 e. The van der Waals surface area contributed by atoms with Gasteiger partial charge < -0.3 is 5.11 Å². The lowest BCUT2D eigenvalue weighted by atomic mass is 10.2. The zero-order valence-corrected chi connectivity index (χ0v) is 9.51. The minimum absolute atomic E-state index is 0.186. The molecule has 0 aliphatic rings. The van der Waals surface area contributed by atoms with Crippen LogP contribution in [0.3, 0.4) is 0 Å². The van der Waals surface area contributed by atoms with Crippen LogP contribution >= 0.6 is 11.3 Å². The van der Waals surface area contributed by atoms with E-state index in [9.17, 15) is 4.39 Å². The molecule has 0 saturated heterocycles. The smallest absolute Gasteiger partial charge is 0.123 e. The van der Waals surface area contributed by atoms with E-state index in [0.29, 0.717) is 0 Å². The first-order chi connectivity index (χ1) is 7.79. The molecule has 0 amide bonds. The summed E-state index contributed by atoms with van der Waals surface area (Å²) in [6, 6.07) is 6.39. The van der Waals surface area contributed by atoms with Crippen LogP contribution < -0.4 is 0 Å². The summed E-state index contributed by atoms with van der Waals surface area (Å²) in [5.41, 5.74) is 0.981. The summed E-state index contributed by atoms with van der Waals surface area (Å²) in [6.45, 7) is 0.186. The Bertz CT molecular complexity index is 452. The fourth-order valence-electron chi connectivity index (χ4n) is 1.40. The highest BCUT2D eigenvalue weighted by Gasteiger charge is 2.04. The van der Waals surface area contributed by atoms with Crippen LogP contribution in [0.4, 0.5) is 4.39 Å². The summed E-state index contributed by atoms with van der Waals surface area (Å²) >= 11 is 1.59. The maximum Gasteiger partial charge on any atom is 0.123 e. The van der Waals surface area contributed by atoms with Crippen molar-refractivity contribution in [1.29, 1.82) is 0 Å². The number of benzene rings is 1. The van der Waals surface area contributed by atoms with Gasteiger partial charge in [-0.05, 0) is 24.1 Å². The quantitative estimate of drug-likeness (QED) is 0.887. The number of thiazole rings is 1. The molecule has 84 valence electrons. The number of hydrogen-bond donors (Lipinski definition) is 1. The second-order valence-corrected chi connectivity index (χ2v) is 4.57. The molecule has 16 heavy (non-hydrogen) atoms. The lowest BCUT2D eigenvalue weighted by molar-refractivity contribution is 0.288. The van der Waals surface area contributed by atoms with Gasteiger partial charge >= 0.3 is 0 Å². The first kappa shape index (κ1) is 11.2. The Labute approximate surface area is 97.4 Å². The summed E-state index contributed by atoms with van der Waals surface area (Å²) in [5.74, 6) is -0.228. The van der Waals surface area contributed by atoms with Gasteiger partial charge in [-0.2, -0.15) is 0 Å². The number of halogens is 1. The molecule has 1 N–H and O–H groups in total. The normalized spacial score (nSPS) is 10.6. The molecule has 0 aliphatic carbocycles. The van der Waals surface area contributed by atoms with E-state index in [1.54, 1.807) is 29.7 Å². The standard InChI is InChI=1S/C12H12FNOS/c13-10-5-3-9(4-6-10)11-8-14-12(16-11)2-1-7-15/h3-6,8,15H,1-2,7H2. The second-order valence-electron chi connectivity index (χ2n) is 3.45. The predicted molar refractivity (Wildman–Crippen MR) is 62.9 cm³/mol. The third-order valence-corrected chi connectivity index (χ3v) is 3.34. The highest BCUT2D eigenvalue weighted by Crippen LogP contribution is 2.26. The van der Waals surface area contributed by atoms with Crippen molar-refractivity contribution in [3.63, 3.8) is 0 Å². The summed E-state index contributed by atoms with van der Waals surface area (Å²) in [4.78, 5) is 5.30. The lowest BCUT2D eigenvalue weighted by Gasteiger charge is -1.95. The molecule has 0 aliphatic heterocycles. The number of aromatic nitrogens is 1. The third-order valence-electron chi connectivity index (χ3n) is 2.23. The Morgan fingerprint density at radius 2 is 2.00 bits per heavy atom. The molecule has 0 unspecified atom stereocenters. The van der Waals surface area contributed by atoms with Gasteiger partial charge in [0.1, 0.15) is 5.82 Å². The molecule has 2 rings (SSSR count). The molecule has 2 nitrogen and oxygen atoms in total. The van der Waals surface area contributed by atoms with Gasteiger partial charge in [-0.15, -0.1) is 11.3 Å². The van der Waals surface area contributed by atoms with E-state index in [1.807, 2.05) is 0 Å². The zero-order chi connectivity index (χ0) is 11.4. The Morgan fingerprint density at radius 3 is 2.69 bits per heavy atom. The Balaban J connectivity index is 2.15. The van der Waals surface area contributed by atoms with Gasteiger partial charge in [0.05, 0.1) is 9.88 Å². The van der Waals surface area contributed by atoms with Gasteiger partial charge in [-0.25, -0.2) is 9.37 Å². The summed E-state index contributed by atoms with van der Waals surface area (Å²) in [7, 11) is 0. The second kappa shape index (κ2) is 5.18. The van der Waals surface area contributed by atoms with Crippen molar-refractivity contribution in [2.45, 2.75) is 12.8 Å². The SMILES string of the molecule is OCCCc1ncc(-c2ccc(F)cc2)s1. The number of hydrogen-bond acceptors (Lipinski definition) is 3. The Kier molecular flexibility index (Phi) is 3.64. The number of aliphatic hydroxyl groups excluding tert-OH is 1. The molecular weight excluding hydrogens is 225 g/mol.